The monoisotopic (exact) mass is 563 g/mol. The van der Waals surface area contributed by atoms with Crippen LogP contribution in [0.15, 0.2) is 16.5 Å². The van der Waals surface area contributed by atoms with Gasteiger partial charge in [-0.2, -0.15) is 15.1 Å². The number of β-amino-alcohol motifs (C(OH)–C–C–N with tert-alkyl or cyclic N) is 1. The zero-order chi connectivity index (χ0) is 25.2. The van der Waals surface area contributed by atoms with Crippen LogP contribution in [0.2, 0.25) is 0 Å². The molecule has 3 fully saturated rings. The van der Waals surface area contributed by atoms with E-state index in [2.05, 4.69) is 25.9 Å². The molecule has 0 aliphatic carbocycles. The van der Waals surface area contributed by atoms with Crippen LogP contribution in [0.1, 0.15) is 26.2 Å². The SMILES string of the molecule is Cn1nc(Br)c2c1c1c(N3CCOC[C@@](C)(O)C3)nc(OC[C@@]34CCCN3C/C(=C\F)C4)nc1n2C. The van der Waals surface area contributed by atoms with Gasteiger partial charge in [0.05, 0.1) is 37.0 Å². The van der Waals surface area contributed by atoms with E-state index in [1.54, 1.807) is 6.92 Å². The molecule has 6 heterocycles. The van der Waals surface area contributed by atoms with Gasteiger partial charge in [-0.05, 0) is 54.2 Å². The van der Waals surface area contributed by atoms with Crippen LogP contribution in [-0.2, 0) is 18.8 Å². The highest BCUT2D eigenvalue weighted by molar-refractivity contribution is 9.10. The van der Waals surface area contributed by atoms with Crippen molar-refractivity contribution in [2.24, 2.45) is 14.1 Å². The minimum Gasteiger partial charge on any atom is -0.461 e. The van der Waals surface area contributed by atoms with Crippen LogP contribution < -0.4 is 9.64 Å². The van der Waals surface area contributed by atoms with Crippen molar-refractivity contribution in [1.82, 2.24) is 29.2 Å². The number of aromatic nitrogens is 5. The van der Waals surface area contributed by atoms with Gasteiger partial charge in [0.15, 0.2) is 10.3 Å². The topological polar surface area (TPSA) is 93.7 Å². The van der Waals surface area contributed by atoms with Crippen molar-refractivity contribution in [3.8, 4) is 6.01 Å². The van der Waals surface area contributed by atoms with E-state index >= 15 is 0 Å². The highest BCUT2D eigenvalue weighted by atomic mass is 79.9. The smallest absolute Gasteiger partial charge is 0.320 e. The molecule has 10 nitrogen and oxygen atoms in total. The Bertz CT molecular complexity index is 1370. The third-order valence-electron chi connectivity index (χ3n) is 7.79. The Morgan fingerprint density at radius 3 is 2.89 bits per heavy atom. The number of aliphatic hydroxyl groups is 1. The molecule has 2 atom stereocenters. The second-order valence-corrected chi connectivity index (χ2v) is 11.4. The molecule has 194 valence electrons. The van der Waals surface area contributed by atoms with Gasteiger partial charge < -0.3 is 24.0 Å². The largest absolute Gasteiger partial charge is 0.461 e. The Balaban J connectivity index is 1.45. The molecule has 0 amide bonds. The summed E-state index contributed by atoms with van der Waals surface area (Å²) in [5.41, 5.74) is 2.10. The number of ether oxygens (including phenoxy) is 2. The van der Waals surface area contributed by atoms with Gasteiger partial charge >= 0.3 is 6.01 Å². The number of rotatable bonds is 4. The van der Waals surface area contributed by atoms with E-state index in [0.717, 1.165) is 58.0 Å². The number of nitrogens with zero attached hydrogens (tertiary/aromatic N) is 7. The molecule has 6 rings (SSSR count). The van der Waals surface area contributed by atoms with Gasteiger partial charge in [-0.15, -0.1) is 0 Å². The molecule has 0 unspecified atom stereocenters. The fourth-order valence-corrected chi connectivity index (χ4v) is 6.86. The molecule has 0 bridgehead atoms. The van der Waals surface area contributed by atoms with E-state index in [9.17, 15) is 9.50 Å². The summed E-state index contributed by atoms with van der Waals surface area (Å²) in [7, 11) is 3.85. The quantitative estimate of drug-likeness (QED) is 0.518. The van der Waals surface area contributed by atoms with Gasteiger partial charge in [-0.25, -0.2) is 4.39 Å². The van der Waals surface area contributed by atoms with Gasteiger partial charge in [0.25, 0.3) is 0 Å². The molecule has 0 aromatic carbocycles. The molecule has 1 N–H and O–H groups in total. The highest BCUT2D eigenvalue weighted by Crippen LogP contribution is 2.42. The molecular weight excluding hydrogens is 533 g/mol. The van der Waals surface area contributed by atoms with Crippen LogP contribution in [-0.4, -0.2) is 91.5 Å². The molecule has 0 saturated carbocycles. The molecule has 0 spiro atoms. The van der Waals surface area contributed by atoms with E-state index in [0.29, 0.717) is 45.1 Å². The van der Waals surface area contributed by atoms with E-state index in [-0.39, 0.29) is 18.2 Å². The minimum absolute atomic E-state index is 0.220. The third-order valence-corrected chi connectivity index (χ3v) is 8.32. The normalized spacial score (nSPS) is 28.5. The Labute approximate surface area is 216 Å². The first-order valence-electron chi connectivity index (χ1n) is 12.3. The lowest BCUT2D eigenvalue weighted by molar-refractivity contribution is -0.0123. The van der Waals surface area contributed by atoms with Crippen molar-refractivity contribution in [3.63, 3.8) is 0 Å². The van der Waals surface area contributed by atoms with Crippen LogP contribution in [0.25, 0.3) is 22.1 Å². The van der Waals surface area contributed by atoms with E-state index in [1.807, 2.05) is 28.2 Å². The Hall–Kier alpha value is -2.28. The van der Waals surface area contributed by atoms with Crippen molar-refractivity contribution < 1.29 is 19.0 Å². The van der Waals surface area contributed by atoms with Crippen molar-refractivity contribution in [1.29, 1.82) is 0 Å². The third kappa shape index (κ3) is 3.80. The summed E-state index contributed by atoms with van der Waals surface area (Å²) in [5, 5.41) is 16.3. The molecule has 3 saturated heterocycles. The number of fused-ring (bicyclic) bond motifs is 4. The van der Waals surface area contributed by atoms with E-state index in [4.69, 9.17) is 19.4 Å². The van der Waals surface area contributed by atoms with Crippen molar-refractivity contribution in [3.05, 3.63) is 16.5 Å². The predicted octanol–water partition coefficient (Wildman–Crippen LogP) is 2.68. The first-order valence-corrected chi connectivity index (χ1v) is 13.1. The maximum atomic E-state index is 13.3. The van der Waals surface area contributed by atoms with Crippen LogP contribution in [0.3, 0.4) is 0 Å². The predicted molar refractivity (Wildman–Crippen MR) is 137 cm³/mol. The lowest BCUT2D eigenvalue weighted by Gasteiger charge is -2.31. The number of halogens is 2. The molecule has 3 aromatic rings. The summed E-state index contributed by atoms with van der Waals surface area (Å²) in [6.07, 6.45) is 3.44. The Morgan fingerprint density at radius 2 is 2.08 bits per heavy atom. The first kappa shape index (κ1) is 24.1. The fraction of sp³-hybridized carbons (Fsp3) is 0.625. The summed E-state index contributed by atoms with van der Waals surface area (Å²) in [6.45, 7) is 5.41. The van der Waals surface area contributed by atoms with Crippen molar-refractivity contribution >= 4 is 43.8 Å². The summed E-state index contributed by atoms with van der Waals surface area (Å²) < 4.78 is 29.9. The average molecular weight is 564 g/mol. The highest BCUT2D eigenvalue weighted by Gasteiger charge is 2.47. The lowest BCUT2D eigenvalue weighted by atomic mass is 9.94. The maximum absolute atomic E-state index is 13.3. The van der Waals surface area contributed by atoms with Gasteiger partial charge in [0.1, 0.15) is 29.1 Å². The first-order chi connectivity index (χ1) is 17.2. The van der Waals surface area contributed by atoms with Crippen molar-refractivity contribution in [2.45, 2.75) is 37.3 Å². The van der Waals surface area contributed by atoms with Crippen molar-refractivity contribution in [2.75, 3.05) is 50.9 Å². The molecule has 12 heteroatoms. The van der Waals surface area contributed by atoms with Gasteiger partial charge in [-0.1, -0.05) is 0 Å². The Morgan fingerprint density at radius 1 is 1.25 bits per heavy atom. The fourth-order valence-electron chi connectivity index (χ4n) is 6.16. The minimum atomic E-state index is -1.03. The van der Waals surface area contributed by atoms with Crippen LogP contribution >= 0.6 is 15.9 Å². The van der Waals surface area contributed by atoms with Gasteiger partial charge in [-0.3, -0.25) is 9.58 Å². The zero-order valence-electron chi connectivity index (χ0n) is 20.8. The summed E-state index contributed by atoms with van der Waals surface area (Å²) in [5.74, 6) is 0.679. The maximum Gasteiger partial charge on any atom is 0.320 e. The molecular formula is C24H31BrFN7O3. The Kier molecular flexibility index (Phi) is 5.78. The summed E-state index contributed by atoms with van der Waals surface area (Å²) >= 11 is 3.59. The number of aryl methyl sites for hydroxylation is 2. The van der Waals surface area contributed by atoms with Gasteiger partial charge in [0, 0.05) is 27.2 Å². The lowest BCUT2D eigenvalue weighted by Crippen LogP contribution is -2.44. The number of hydrogen-bond acceptors (Lipinski definition) is 8. The number of anilines is 1. The van der Waals surface area contributed by atoms with Gasteiger partial charge in [0.2, 0.25) is 0 Å². The molecule has 0 radical (unpaired) electrons. The van der Waals surface area contributed by atoms with E-state index in [1.165, 1.54) is 0 Å². The number of hydrogen-bond donors (Lipinski definition) is 1. The molecule has 36 heavy (non-hydrogen) atoms. The zero-order valence-corrected chi connectivity index (χ0v) is 22.4. The van der Waals surface area contributed by atoms with Crippen LogP contribution in [0.4, 0.5) is 10.2 Å². The van der Waals surface area contributed by atoms with Crippen LogP contribution in [0.5, 0.6) is 6.01 Å². The average Bonchev–Trinajstić information content (AvgIpc) is 3.51. The standard InChI is InChI=1S/C24H31BrFN7O3/c1-23(34)12-32(7-8-35-13-23)21-16-17-18(19(25)29-31(17)3)30(2)20(16)27-22(28-21)36-14-24-5-4-6-33(24)11-15(9-24)10-26/h10,34H,4-9,11-14H2,1-3H3/b15-10-/t23-,24-/m0/s1. The summed E-state index contributed by atoms with van der Waals surface area (Å²) in [4.78, 5) is 14.1. The molecule has 3 aromatic heterocycles. The van der Waals surface area contributed by atoms with E-state index < -0.39 is 5.60 Å². The summed E-state index contributed by atoms with van der Waals surface area (Å²) in [6, 6.07) is 0.274. The molecule has 3 aliphatic rings. The van der Waals surface area contributed by atoms with Crippen LogP contribution in [0, 0.1) is 0 Å². The second-order valence-electron chi connectivity index (χ2n) is 10.7. The second kappa shape index (κ2) is 8.64. The molecule has 3 aliphatic heterocycles.